The summed E-state index contributed by atoms with van der Waals surface area (Å²) in [5.41, 5.74) is 3.62. The van der Waals surface area contributed by atoms with Crippen LogP contribution in [0.2, 0.25) is 0 Å². The fourth-order valence-electron chi connectivity index (χ4n) is 2.90. The third kappa shape index (κ3) is 3.01. The third-order valence-electron chi connectivity index (χ3n) is 4.18. The average Bonchev–Trinajstić information content (AvgIpc) is 3.06. The molecular weight excluding hydrogens is 276 g/mol. The summed E-state index contributed by atoms with van der Waals surface area (Å²) in [6.45, 7) is 6.15. The van der Waals surface area contributed by atoms with E-state index in [2.05, 4.69) is 29.8 Å². The topological polar surface area (TPSA) is 47.2 Å². The molecule has 1 aliphatic rings. The fraction of sp³-hybridized carbons (Fsp3) is 0.389. The number of aryl methyl sites for hydroxylation is 1. The van der Waals surface area contributed by atoms with Gasteiger partial charge in [0.15, 0.2) is 0 Å². The minimum Gasteiger partial charge on any atom is -0.467 e. The lowest BCUT2D eigenvalue weighted by Crippen LogP contribution is -2.24. The van der Waals surface area contributed by atoms with Gasteiger partial charge in [-0.05, 0) is 63.5 Å². The number of hydrogen-bond donors (Lipinski definition) is 1. The second-order valence-corrected chi connectivity index (χ2v) is 6.01. The number of aromatic nitrogens is 1. The van der Waals surface area contributed by atoms with Gasteiger partial charge in [0.2, 0.25) is 5.91 Å². The van der Waals surface area contributed by atoms with Gasteiger partial charge in [-0.3, -0.25) is 4.79 Å². The van der Waals surface area contributed by atoms with Crippen LogP contribution in [0, 0.1) is 13.8 Å². The minimum absolute atomic E-state index is 0.111. The van der Waals surface area contributed by atoms with Crippen molar-refractivity contribution in [2.45, 2.75) is 45.7 Å². The van der Waals surface area contributed by atoms with E-state index >= 15 is 0 Å². The SMILES string of the molecule is Cc1cc(/C=C/C(=O)N[C@H](C)c2ccco2)c(C)n1C1CC1. The summed E-state index contributed by atoms with van der Waals surface area (Å²) < 4.78 is 7.67. The number of carbonyl (C=O) groups is 1. The molecule has 1 amide bonds. The van der Waals surface area contributed by atoms with Crippen LogP contribution in [0.4, 0.5) is 0 Å². The highest BCUT2D eigenvalue weighted by atomic mass is 16.3. The standard InChI is InChI=1S/C18H22N2O2/c1-12-11-15(14(3)20(12)16-7-8-16)6-9-18(21)19-13(2)17-5-4-10-22-17/h4-6,9-11,13,16H,7-8H2,1-3H3,(H,19,21)/b9-6+/t13-/m1/s1. The highest BCUT2D eigenvalue weighted by molar-refractivity contribution is 5.92. The molecule has 1 fully saturated rings. The Morgan fingerprint density at radius 3 is 2.86 bits per heavy atom. The first-order chi connectivity index (χ1) is 10.6. The Balaban J connectivity index is 1.66. The number of nitrogens with zero attached hydrogens (tertiary/aromatic N) is 1. The first-order valence-corrected chi connectivity index (χ1v) is 7.76. The van der Waals surface area contributed by atoms with E-state index in [0.717, 1.165) is 11.3 Å². The Labute approximate surface area is 130 Å². The van der Waals surface area contributed by atoms with Crippen LogP contribution >= 0.6 is 0 Å². The Morgan fingerprint density at radius 2 is 2.23 bits per heavy atom. The minimum atomic E-state index is -0.133. The highest BCUT2D eigenvalue weighted by Crippen LogP contribution is 2.38. The maximum absolute atomic E-state index is 12.0. The van der Waals surface area contributed by atoms with Crippen molar-refractivity contribution in [2.75, 3.05) is 0 Å². The quantitative estimate of drug-likeness (QED) is 0.850. The van der Waals surface area contributed by atoms with Crippen molar-refractivity contribution in [2.24, 2.45) is 0 Å². The van der Waals surface area contributed by atoms with Crippen LogP contribution < -0.4 is 5.32 Å². The molecule has 2 aromatic rings. The van der Waals surface area contributed by atoms with Gasteiger partial charge in [0.1, 0.15) is 5.76 Å². The summed E-state index contributed by atoms with van der Waals surface area (Å²) in [5, 5.41) is 2.90. The molecule has 0 unspecified atom stereocenters. The van der Waals surface area contributed by atoms with E-state index in [1.54, 1.807) is 12.3 Å². The molecule has 2 heterocycles. The molecule has 116 valence electrons. The van der Waals surface area contributed by atoms with Crippen molar-refractivity contribution in [1.82, 2.24) is 9.88 Å². The van der Waals surface area contributed by atoms with E-state index in [4.69, 9.17) is 4.42 Å². The molecule has 22 heavy (non-hydrogen) atoms. The van der Waals surface area contributed by atoms with Crippen molar-refractivity contribution >= 4 is 12.0 Å². The van der Waals surface area contributed by atoms with Crippen LogP contribution in [0.3, 0.4) is 0 Å². The molecule has 4 heteroatoms. The smallest absolute Gasteiger partial charge is 0.244 e. The lowest BCUT2D eigenvalue weighted by molar-refractivity contribution is -0.117. The Kier molecular flexibility index (Phi) is 3.92. The zero-order chi connectivity index (χ0) is 15.7. The fourth-order valence-corrected chi connectivity index (χ4v) is 2.90. The molecule has 0 aliphatic heterocycles. The molecule has 1 atom stereocenters. The third-order valence-corrected chi connectivity index (χ3v) is 4.18. The van der Waals surface area contributed by atoms with Crippen LogP contribution in [-0.2, 0) is 4.79 Å². The maximum Gasteiger partial charge on any atom is 0.244 e. The van der Waals surface area contributed by atoms with Gasteiger partial charge in [-0.15, -0.1) is 0 Å². The Bertz CT molecular complexity index is 691. The van der Waals surface area contributed by atoms with Crippen LogP contribution in [0.15, 0.2) is 35.0 Å². The van der Waals surface area contributed by atoms with E-state index in [0.29, 0.717) is 6.04 Å². The largest absolute Gasteiger partial charge is 0.467 e. The molecule has 0 spiro atoms. The van der Waals surface area contributed by atoms with Crippen molar-refractivity contribution < 1.29 is 9.21 Å². The summed E-state index contributed by atoms with van der Waals surface area (Å²) >= 11 is 0. The van der Waals surface area contributed by atoms with E-state index in [1.807, 2.05) is 25.1 Å². The van der Waals surface area contributed by atoms with Crippen molar-refractivity contribution in [1.29, 1.82) is 0 Å². The summed E-state index contributed by atoms with van der Waals surface area (Å²) in [7, 11) is 0. The van der Waals surface area contributed by atoms with E-state index < -0.39 is 0 Å². The monoisotopic (exact) mass is 298 g/mol. The maximum atomic E-state index is 12.0. The van der Waals surface area contributed by atoms with Gasteiger partial charge in [-0.2, -0.15) is 0 Å². The van der Waals surface area contributed by atoms with E-state index in [9.17, 15) is 4.79 Å². The summed E-state index contributed by atoms with van der Waals surface area (Å²) in [6, 6.07) is 6.35. The number of hydrogen-bond acceptors (Lipinski definition) is 2. The lowest BCUT2D eigenvalue weighted by Gasteiger charge is -2.09. The summed E-state index contributed by atoms with van der Waals surface area (Å²) in [5.74, 6) is 0.647. The van der Waals surface area contributed by atoms with Crippen LogP contribution in [0.25, 0.3) is 6.08 Å². The number of carbonyl (C=O) groups excluding carboxylic acids is 1. The van der Waals surface area contributed by atoms with E-state index in [1.165, 1.54) is 24.2 Å². The van der Waals surface area contributed by atoms with Gasteiger partial charge < -0.3 is 14.3 Å². The van der Waals surface area contributed by atoms with Gasteiger partial charge in [0, 0.05) is 23.5 Å². The molecule has 0 bridgehead atoms. The second kappa shape index (κ2) is 5.87. The summed E-state index contributed by atoms with van der Waals surface area (Å²) in [4.78, 5) is 12.0. The molecule has 0 radical (unpaired) electrons. The Morgan fingerprint density at radius 1 is 1.45 bits per heavy atom. The summed E-state index contributed by atoms with van der Waals surface area (Å²) in [6.07, 6.45) is 7.63. The number of furan rings is 1. The number of nitrogens with one attached hydrogen (secondary N) is 1. The molecular formula is C18H22N2O2. The molecule has 1 N–H and O–H groups in total. The zero-order valence-corrected chi connectivity index (χ0v) is 13.3. The molecule has 1 aliphatic carbocycles. The second-order valence-electron chi connectivity index (χ2n) is 6.01. The van der Waals surface area contributed by atoms with Crippen molar-refractivity contribution in [3.05, 3.63) is 53.2 Å². The molecule has 0 saturated heterocycles. The van der Waals surface area contributed by atoms with Crippen LogP contribution in [-0.4, -0.2) is 10.5 Å². The number of rotatable bonds is 5. The van der Waals surface area contributed by atoms with E-state index in [-0.39, 0.29) is 11.9 Å². The van der Waals surface area contributed by atoms with Crippen LogP contribution in [0.1, 0.15) is 54.6 Å². The first-order valence-electron chi connectivity index (χ1n) is 7.76. The highest BCUT2D eigenvalue weighted by Gasteiger charge is 2.26. The molecule has 2 aromatic heterocycles. The molecule has 0 aromatic carbocycles. The lowest BCUT2D eigenvalue weighted by atomic mass is 10.2. The van der Waals surface area contributed by atoms with Gasteiger partial charge in [0.25, 0.3) is 0 Å². The van der Waals surface area contributed by atoms with Gasteiger partial charge in [-0.1, -0.05) is 0 Å². The van der Waals surface area contributed by atoms with Gasteiger partial charge >= 0.3 is 0 Å². The van der Waals surface area contributed by atoms with Crippen LogP contribution in [0.5, 0.6) is 0 Å². The number of amides is 1. The predicted molar refractivity (Wildman–Crippen MR) is 86.5 cm³/mol. The van der Waals surface area contributed by atoms with Gasteiger partial charge in [-0.25, -0.2) is 0 Å². The van der Waals surface area contributed by atoms with Crippen molar-refractivity contribution in [3.63, 3.8) is 0 Å². The van der Waals surface area contributed by atoms with Gasteiger partial charge in [0.05, 0.1) is 12.3 Å². The van der Waals surface area contributed by atoms with Crippen molar-refractivity contribution in [3.8, 4) is 0 Å². The first kappa shape index (κ1) is 14.7. The molecule has 1 saturated carbocycles. The average molecular weight is 298 g/mol. The normalized spacial score (nSPS) is 16.1. The Hall–Kier alpha value is -2.23. The zero-order valence-electron chi connectivity index (χ0n) is 13.3. The predicted octanol–water partition coefficient (Wildman–Crippen LogP) is 3.92. The molecule has 4 nitrogen and oxygen atoms in total. The molecule has 3 rings (SSSR count).